The molecule has 0 aliphatic heterocycles. The summed E-state index contributed by atoms with van der Waals surface area (Å²) in [6.45, 7) is 0. The molecule has 1 aromatic heterocycles. The van der Waals surface area contributed by atoms with Crippen LogP contribution in [0.15, 0.2) is 94.9 Å². The molecule has 0 atom stereocenters. The Bertz CT molecular complexity index is 1450. The van der Waals surface area contributed by atoms with Crippen LogP contribution >= 0.6 is 23.4 Å². The lowest BCUT2D eigenvalue weighted by Gasteiger charge is -2.56. The van der Waals surface area contributed by atoms with E-state index in [2.05, 4.69) is 17.4 Å². The normalized spacial score (nSPS) is 25.4. The molecule has 1 amide bonds. The number of aromatic nitrogens is 2. The molecule has 38 heavy (non-hydrogen) atoms. The molecule has 0 saturated heterocycles. The van der Waals surface area contributed by atoms with E-state index in [-0.39, 0.29) is 11.3 Å². The summed E-state index contributed by atoms with van der Waals surface area (Å²) in [4.78, 5) is 16.1. The minimum absolute atomic E-state index is 0.0129. The first-order valence-corrected chi connectivity index (χ1v) is 14.7. The number of carbonyl (C=O) groups is 1. The van der Waals surface area contributed by atoms with Gasteiger partial charge >= 0.3 is 0 Å². The Morgan fingerprint density at radius 3 is 2.18 bits per heavy atom. The van der Waals surface area contributed by atoms with Gasteiger partial charge < -0.3 is 5.32 Å². The van der Waals surface area contributed by atoms with Gasteiger partial charge in [0.15, 0.2) is 0 Å². The average Bonchev–Trinajstić information content (AvgIpc) is 3.38. The number of nitrogens with zero attached hydrogens (tertiary/aromatic N) is 2. The second-order valence-corrected chi connectivity index (χ2v) is 12.9. The van der Waals surface area contributed by atoms with E-state index in [1.54, 1.807) is 11.8 Å². The summed E-state index contributed by atoms with van der Waals surface area (Å²) in [6, 6.07) is 25.9. The monoisotopic (exact) mass is 539 g/mol. The molecule has 8 rings (SSSR count). The number of para-hydroxylation sites is 2. The van der Waals surface area contributed by atoms with E-state index in [0.717, 1.165) is 63.9 Å². The van der Waals surface area contributed by atoms with Gasteiger partial charge in [-0.1, -0.05) is 53.7 Å². The van der Waals surface area contributed by atoms with Gasteiger partial charge in [0.1, 0.15) is 0 Å². The van der Waals surface area contributed by atoms with Crippen molar-refractivity contribution in [3.8, 4) is 5.69 Å². The molecule has 4 aliphatic rings. The topological polar surface area (TPSA) is 46.9 Å². The fraction of sp³-hybridized carbons (Fsp3) is 0.312. The van der Waals surface area contributed by atoms with Crippen LogP contribution in [0, 0.1) is 17.8 Å². The molecule has 192 valence electrons. The smallest absolute Gasteiger partial charge is 0.259 e. The number of nitrogens with one attached hydrogen (secondary N) is 1. The molecular formula is C32H30ClN3OS. The van der Waals surface area contributed by atoms with Gasteiger partial charge in [-0.15, -0.1) is 0 Å². The summed E-state index contributed by atoms with van der Waals surface area (Å²) >= 11 is 7.70. The van der Waals surface area contributed by atoms with Crippen LogP contribution in [0.25, 0.3) is 5.69 Å². The van der Waals surface area contributed by atoms with Crippen molar-refractivity contribution in [1.29, 1.82) is 0 Å². The fourth-order valence-corrected chi connectivity index (χ4v) is 8.55. The second-order valence-electron chi connectivity index (χ2n) is 11.4. The highest BCUT2D eigenvalue weighted by molar-refractivity contribution is 7.99. The molecule has 4 fully saturated rings. The van der Waals surface area contributed by atoms with Crippen molar-refractivity contribution in [3.05, 3.63) is 101 Å². The molecule has 0 unspecified atom stereocenters. The van der Waals surface area contributed by atoms with Crippen LogP contribution in [0.1, 0.15) is 54.6 Å². The van der Waals surface area contributed by atoms with Crippen LogP contribution in [-0.2, 0) is 5.41 Å². The van der Waals surface area contributed by atoms with Gasteiger partial charge in [-0.05, 0) is 105 Å². The third-order valence-corrected chi connectivity index (χ3v) is 10.0. The highest BCUT2D eigenvalue weighted by atomic mass is 35.5. The average molecular weight is 540 g/mol. The Kier molecular flexibility index (Phi) is 6.09. The van der Waals surface area contributed by atoms with E-state index >= 15 is 0 Å². The van der Waals surface area contributed by atoms with Gasteiger partial charge in [-0.3, -0.25) is 4.79 Å². The Morgan fingerprint density at radius 1 is 0.868 bits per heavy atom. The maximum Gasteiger partial charge on any atom is 0.259 e. The molecule has 3 aromatic carbocycles. The summed E-state index contributed by atoms with van der Waals surface area (Å²) in [5, 5.41) is 9.14. The second kappa shape index (κ2) is 9.62. The lowest BCUT2D eigenvalue weighted by atomic mass is 9.48. The molecule has 4 bridgehead atoms. The number of carbonyl (C=O) groups excluding carboxylic acids is 1. The highest BCUT2D eigenvalue weighted by Crippen LogP contribution is 2.61. The predicted molar refractivity (Wildman–Crippen MR) is 153 cm³/mol. The third-order valence-electron chi connectivity index (χ3n) is 8.70. The van der Waals surface area contributed by atoms with Crippen LogP contribution in [0.3, 0.4) is 0 Å². The number of halogens is 1. The Balaban J connectivity index is 1.24. The number of benzene rings is 3. The SMILES string of the molecule is O=C(Nc1ccccc1Sc1ccc(Cl)cc1)c1cn(-c2ccccc2)nc1C12CC3CC(CC(C3)C1)C2. The fourth-order valence-electron chi connectivity index (χ4n) is 7.52. The van der Waals surface area contributed by atoms with Gasteiger partial charge in [-0.2, -0.15) is 5.10 Å². The van der Waals surface area contributed by atoms with Crippen molar-refractivity contribution < 1.29 is 4.79 Å². The molecule has 0 spiro atoms. The summed E-state index contributed by atoms with van der Waals surface area (Å²) in [5.41, 5.74) is 3.51. The Morgan fingerprint density at radius 2 is 1.50 bits per heavy atom. The molecule has 6 heteroatoms. The molecule has 0 radical (unpaired) electrons. The summed E-state index contributed by atoms with van der Waals surface area (Å²) in [6.07, 6.45) is 9.50. The van der Waals surface area contributed by atoms with Gasteiger partial charge in [0.25, 0.3) is 5.91 Å². The zero-order valence-corrected chi connectivity index (χ0v) is 22.7. The van der Waals surface area contributed by atoms with Crippen molar-refractivity contribution in [2.75, 3.05) is 5.32 Å². The van der Waals surface area contributed by atoms with Crippen LogP contribution in [0.2, 0.25) is 5.02 Å². The largest absolute Gasteiger partial charge is 0.321 e. The van der Waals surface area contributed by atoms with Crippen molar-refractivity contribution in [3.63, 3.8) is 0 Å². The van der Waals surface area contributed by atoms with E-state index in [1.165, 1.54) is 19.3 Å². The number of amides is 1. The van der Waals surface area contributed by atoms with Crippen molar-refractivity contribution in [2.24, 2.45) is 17.8 Å². The first-order chi connectivity index (χ1) is 18.5. The quantitative estimate of drug-likeness (QED) is 0.267. The molecule has 4 aliphatic carbocycles. The lowest BCUT2D eigenvalue weighted by molar-refractivity contribution is -0.00765. The van der Waals surface area contributed by atoms with E-state index in [1.807, 2.05) is 77.6 Å². The number of hydrogen-bond donors (Lipinski definition) is 1. The van der Waals surface area contributed by atoms with Crippen LogP contribution < -0.4 is 5.32 Å². The lowest BCUT2D eigenvalue weighted by Crippen LogP contribution is -2.49. The first-order valence-electron chi connectivity index (χ1n) is 13.5. The van der Waals surface area contributed by atoms with E-state index < -0.39 is 0 Å². The van der Waals surface area contributed by atoms with Crippen LogP contribution in [0.5, 0.6) is 0 Å². The number of anilines is 1. The van der Waals surface area contributed by atoms with Gasteiger partial charge in [0, 0.05) is 26.4 Å². The molecule has 4 nitrogen and oxygen atoms in total. The molecule has 4 saturated carbocycles. The molecule has 4 aromatic rings. The zero-order valence-electron chi connectivity index (χ0n) is 21.1. The minimum Gasteiger partial charge on any atom is -0.321 e. The predicted octanol–water partition coefficient (Wildman–Crippen LogP) is 8.40. The molecular weight excluding hydrogens is 510 g/mol. The Hall–Kier alpha value is -3.02. The number of hydrogen-bond acceptors (Lipinski definition) is 3. The first kappa shape index (κ1) is 24.1. The van der Waals surface area contributed by atoms with Crippen LogP contribution in [-0.4, -0.2) is 15.7 Å². The molecule has 1 heterocycles. The summed E-state index contributed by atoms with van der Waals surface area (Å²) < 4.78 is 1.91. The molecule has 1 N–H and O–H groups in total. The minimum atomic E-state index is -0.0814. The standard InChI is InChI=1S/C32H30ClN3OS/c33-24-10-12-26(13-11-24)38-29-9-5-4-8-28(29)34-31(37)27-20-36(25-6-2-1-3-7-25)35-30(27)32-17-21-14-22(18-32)16-23(15-21)19-32/h1-13,20-23H,14-19H2,(H,34,37). The van der Waals surface area contributed by atoms with Gasteiger partial charge in [-0.25, -0.2) is 4.68 Å². The Labute approximate surface area is 232 Å². The van der Waals surface area contributed by atoms with Crippen LogP contribution in [0.4, 0.5) is 5.69 Å². The number of rotatable bonds is 6. The summed E-state index contributed by atoms with van der Waals surface area (Å²) in [5.74, 6) is 2.24. The van der Waals surface area contributed by atoms with Gasteiger partial charge in [0.2, 0.25) is 0 Å². The van der Waals surface area contributed by atoms with E-state index in [0.29, 0.717) is 10.6 Å². The maximum absolute atomic E-state index is 14.0. The van der Waals surface area contributed by atoms with Crippen molar-refractivity contribution in [1.82, 2.24) is 9.78 Å². The van der Waals surface area contributed by atoms with E-state index in [4.69, 9.17) is 16.7 Å². The maximum atomic E-state index is 14.0. The third kappa shape index (κ3) is 4.46. The van der Waals surface area contributed by atoms with Gasteiger partial charge in [0.05, 0.1) is 22.6 Å². The van der Waals surface area contributed by atoms with Crippen molar-refractivity contribution in [2.45, 2.75) is 53.7 Å². The zero-order chi connectivity index (χ0) is 25.7. The van der Waals surface area contributed by atoms with E-state index in [9.17, 15) is 4.79 Å². The highest BCUT2D eigenvalue weighted by Gasteiger charge is 2.54. The summed E-state index contributed by atoms with van der Waals surface area (Å²) in [7, 11) is 0. The van der Waals surface area contributed by atoms with Crippen molar-refractivity contribution >= 4 is 35.0 Å².